The van der Waals surface area contributed by atoms with Gasteiger partial charge in [-0.25, -0.2) is 0 Å². The number of likely N-dealkylation sites (tertiary alicyclic amines) is 1. The van der Waals surface area contributed by atoms with Gasteiger partial charge < -0.3 is 28.3 Å². The van der Waals surface area contributed by atoms with E-state index in [1.807, 2.05) is 55.5 Å². The third-order valence-corrected chi connectivity index (χ3v) is 11.6. The van der Waals surface area contributed by atoms with Gasteiger partial charge in [-0.3, -0.25) is 14.5 Å². The van der Waals surface area contributed by atoms with Crippen molar-refractivity contribution in [1.29, 1.82) is 0 Å². The molecule has 6 rings (SSSR count). The van der Waals surface area contributed by atoms with Crippen LogP contribution in [0, 0.1) is 5.92 Å². The summed E-state index contributed by atoms with van der Waals surface area (Å²) in [5.74, 6) is 0.927. The minimum atomic E-state index is -3.41. The van der Waals surface area contributed by atoms with Gasteiger partial charge in [0.05, 0.1) is 35.7 Å². The van der Waals surface area contributed by atoms with Crippen molar-refractivity contribution in [1.82, 2.24) is 4.90 Å². The van der Waals surface area contributed by atoms with Gasteiger partial charge in [-0.1, -0.05) is 31.2 Å². The Morgan fingerprint density at radius 3 is 2.55 bits per heavy atom. The van der Waals surface area contributed by atoms with E-state index in [9.17, 15) is 14.7 Å². The molecule has 3 aliphatic heterocycles. The number of methoxy groups -OCH3 is 1. The van der Waals surface area contributed by atoms with E-state index in [4.69, 9.17) is 14.2 Å². The van der Waals surface area contributed by atoms with E-state index in [2.05, 4.69) is 0 Å². The molecule has 3 aliphatic rings. The molecule has 1 unspecified atom stereocenters. The van der Waals surface area contributed by atoms with Gasteiger partial charge >= 0.3 is 0 Å². The number of nitrogens with zero attached hydrogens (tertiary/aromatic N) is 2. The molecular formula is C34H39FN2O6Si. The number of rotatable bonds is 7. The zero-order valence-corrected chi connectivity index (χ0v) is 26.5. The summed E-state index contributed by atoms with van der Waals surface area (Å²) in [6, 6.07) is 19.9. The first-order valence-corrected chi connectivity index (χ1v) is 18.2. The van der Waals surface area contributed by atoms with Crippen LogP contribution in [0.15, 0.2) is 66.7 Å². The van der Waals surface area contributed by atoms with Gasteiger partial charge in [0.15, 0.2) is 5.75 Å². The molecule has 0 radical (unpaired) electrons. The van der Waals surface area contributed by atoms with Crippen LogP contribution in [-0.4, -0.2) is 62.6 Å². The van der Waals surface area contributed by atoms with Crippen molar-refractivity contribution in [2.45, 2.75) is 63.1 Å². The molecule has 1 N–H and O–H groups in total. The molecule has 10 heteroatoms. The second-order valence-corrected chi connectivity index (χ2v) is 16.3. The number of anilines is 2. The zero-order valence-electron chi connectivity index (χ0n) is 25.5. The fourth-order valence-electron chi connectivity index (χ4n) is 6.98. The molecule has 2 amide bonds. The van der Waals surface area contributed by atoms with E-state index in [1.54, 1.807) is 48.2 Å². The standard InChI is InChI=1S/C34H39FN2O6Si/c1-21-32(41-2)25-18-22(37-26-12-6-8-14-29(26)42-27-13-7-5-11-24(27)34(37)40)15-16-28(25)43-33(21)30(44(3,4)35)19-31(39)36-17-9-10-23(36)20-38/h5-8,11-16,18,21,23,30,32-33,38H,9-10,17,19-20H2,1-4H3/t21-,23-,30?,32-,33-/m0/s1. The lowest BCUT2D eigenvalue weighted by atomic mass is 9.86. The number of benzene rings is 3. The maximum atomic E-state index is 16.0. The molecule has 1 saturated heterocycles. The van der Waals surface area contributed by atoms with Crippen LogP contribution in [0.1, 0.15) is 48.2 Å². The van der Waals surface area contributed by atoms with Crippen LogP contribution in [0.2, 0.25) is 18.6 Å². The van der Waals surface area contributed by atoms with Crippen LogP contribution >= 0.6 is 0 Å². The molecule has 1 fully saturated rings. The van der Waals surface area contributed by atoms with E-state index in [0.29, 0.717) is 40.7 Å². The van der Waals surface area contributed by atoms with Crippen molar-refractivity contribution < 1.29 is 33.0 Å². The first-order chi connectivity index (χ1) is 21.1. The Morgan fingerprint density at radius 1 is 1.09 bits per heavy atom. The first kappa shape index (κ1) is 30.3. The third kappa shape index (κ3) is 5.39. The third-order valence-electron chi connectivity index (χ3n) is 9.30. The molecule has 0 bridgehead atoms. The van der Waals surface area contributed by atoms with Crippen LogP contribution in [0.25, 0.3) is 0 Å². The molecular weight excluding hydrogens is 579 g/mol. The SMILES string of the molecule is CO[C@@H]1c2cc(N3C(=O)c4ccccc4Oc4ccccc43)ccc2O[C@H](C(CC(=O)N2CCC[C@H]2CO)[Si](C)(C)F)[C@H]1C. The Bertz CT molecular complexity index is 1560. The lowest BCUT2D eigenvalue weighted by Crippen LogP contribution is -2.48. The molecule has 232 valence electrons. The summed E-state index contributed by atoms with van der Waals surface area (Å²) in [6.45, 7) is 5.70. The fourth-order valence-corrected chi connectivity index (χ4v) is 8.79. The predicted molar refractivity (Wildman–Crippen MR) is 168 cm³/mol. The molecule has 0 saturated carbocycles. The van der Waals surface area contributed by atoms with Crippen molar-refractivity contribution in [3.8, 4) is 17.2 Å². The van der Waals surface area contributed by atoms with Crippen molar-refractivity contribution in [3.05, 3.63) is 77.9 Å². The zero-order chi connectivity index (χ0) is 31.2. The highest BCUT2D eigenvalue weighted by Gasteiger charge is 2.49. The summed E-state index contributed by atoms with van der Waals surface area (Å²) >= 11 is 0. The van der Waals surface area contributed by atoms with Gasteiger partial charge in [-0.2, -0.15) is 0 Å². The van der Waals surface area contributed by atoms with Crippen LogP contribution in [0.3, 0.4) is 0 Å². The van der Waals surface area contributed by atoms with Gasteiger partial charge in [-0.05, 0) is 68.4 Å². The number of aliphatic hydroxyl groups excluding tert-OH is 1. The highest BCUT2D eigenvalue weighted by molar-refractivity contribution is 6.72. The number of fused-ring (bicyclic) bond motifs is 3. The van der Waals surface area contributed by atoms with Gasteiger partial charge in [0, 0.05) is 37.1 Å². The molecule has 0 aliphatic carbocycles. The van der Waals surface area contributed by atoms with Crippen LogP contribution < -0.4 is 14.4 Å². The second kappa shape index (κ2) is 12.0. The Labute approximate surface area is 258 Å². The minimum Gasteiger partial charge on any atom is -0.490 e. The summed E-state index contributed by atoms with van der Waals surface area (Å²) in [7, 11) is -1.79. The van der Waals surface area contributed by atoms with Gasteiger partial charge in [0.2, 0.25) is 14.3 Å². The number of amides is 2. The molecule has 3 aromatic carbocycles. The van der Waals surface area contributed by atoms with Crippen molar-refractivity contribution in [2.75, 3.05) is 25.2 Å². The number of hydrogen-bond donors (Lipinski definition) is 1. The largest absolute Gasteiger partial charge is 0.490 e. The number of halogens is 1. The number of hydrogen-bond acceptors (Lipinski definition) is 6. The molecule has 5 atom stereocenters. The van der Waals surface area contributed by atoms with Crippen molar-refractivity contribution in [2.24, 2.45) is 5.92 Å². The van der Waals surface area contributed by atoms with E-state index in [-0.39, 0.29) is 36.8 Å². The molecule has 3 heterocycles. The highest BCUT2D eigenvalue weighted by Crippen LogP contribution is 2.50. The number of para-hydroxylation sites is 3. The summed E-state index contributed by atoms with van der Waals surface area (Å²) in [5, 5.41) is 9.77. The average molecular weight is 619 g/mol. The van der Waals surface area contributed by atoms with E-state index >= 15 is 4.11 Å². The van der Waals surface area contributed by atoms with E-state index in [1.165, 1.54) is 0 Å². The topological polar surface area (TPSA) is 88.5 Å². The lowest BCUT2D eigenvalue weighted by Gasteiger charge is -2.43. The summed E-state index contributed by atoms with van der Waals surface area (Å²) in [5.41, 5.74) is 1.80. The number of ether oxygens (including phenoxy) is 3. The highest BCUT2D eigenvalue weighted by atomic mass is 28.4. The Balaban J connectivity index is 1.36. The molecule has 44 heavy (non-hydrogen) atoms. The molecule has 0 spiro atoms. The monoisotopic (exact) mass is 618 g/mol. The Hall–Kier alpha value is -3.73. The van der Waals surface area contributed by atoms with Crippen LogP contribution in [0.5, 0.6) is 17.2 Å². The number of carbonyl (C=O) groups excluding carboxylic acids is 2. The Morgan fingerprint density at radius 2 is 1.82 bits per heavy atom. The molecule has 3 aromatic rings. The van der Waals surface area contributed by atoms with Gasteiger partial charge in [0.25, 0.3) is 5.91 Å². The van der Waals surface area contributed by atoms with Crippen LogP contribution in [0.4, 0.5) is 15.5 Å². The van der Waals surface area contributed by atoms with E-state index < -0.39 is 26.2 Å². The normalized spacial score (nSPS) is 23.5. The molecule has 0 aromatic heterocycles. The van der Waals surface area contributed by atoms with Gasteiger partial charge in [0.1, 0.15) is 17.6 Å². The lowest BCUT2D eigenvalue weighted by molar-refractivity contribution is -0.133. The quantitative estimate of drug-likeness (QED) is 0.232. The summed E-state index contributed by atoms with van der Waals surface area (Å²) < 4.78 is 34.8. The maximum absolute atomic E-state index is 16.0. The average Bonchev–Trinajstić information content (AvgIpc) is 3.45. The van der Waals surface area contributed by atoms with Crippen molar-refractivity contribution >= 4 is 31.6 Å². The van der Waals surface area contributed by atoms with Crippen LogP contribution in [-0.2, 0) is 9.53 Å². The summed E-state index contributed by atoms with van der Waals surface area (Å²) in [4.78, 5) is 30.7. The Kier molecular flexibility index (Phi) is 8.25. The minimum absolute atomic E-state index is 0.0174. The smallest absolute Gasteiger partial charge is 0.266 e. The van der Waals surface area contributed by atoms with E-state index in [0.717, 1.165) is 18.4 Å². The first-order valence-electron chi connectivity index (χ1n) is 15.3. The van der Waals surface area contributed by atoms with Gasteiger partial charge in [-0.15, -0.1) is 0 Å². The predicted octanol–water partition coefficient (Wildman–Crippen LogP) is 6.77. The second-order valence-electron chi connectivity index (χ2n) is 12.5. The van der Waals surface area contributed by atoms with Crippen molar-refractivity contribution in [3.63, 3.8) is 0 Å². The number of carbonyl (C=O) groups is 2. The summed E-state index contributed by atoms with van der Waals surface area (Å²) in [6.07, 6.45) is 0.546. The number of aliphatic hydroxyl groups is 1. The maximum Gasteiger partial charge on any atom is 0.266 e. The molecule has 8 nitrogen and oxygen atoms in total. The fraction of sp³-hybridized carbons (Fsp3) is 0.412.